The van der Waals surface area contributed by atoms with Gasteiger partial charge in [0.2, 0.25) is 0 Å². The largest absolute Gasteiger partial charge is 0.396 e. The van der Waals surface area contributed by atoms with Crippen molar-refractivity contribution >= 4 is 22.5 Å². The van der Waals surface area contributed by atoms with Crippen molar-refractivity contribution in [3.05, 3.63) is 96.7 Å². The fourth-order valence-corrected chi connectivity index (χ4v) is 5.17. The van der Waals surface area contributed by atoms with E-state index in [1.54, 1.807) is 24.8 Å². The van der Waals surface area contributed by atoms with Crippen molar-refractivity contribution in [2.24, 2.45) is 5.92 Å². The first-order chi connectivity index (χ1) is 19.5. The fraction of sp³-hybridized carbons (Fsp3) is 0.188. The molecule has 4 aromatic heterocycles. The lowest BCUT2D eigenvalue weighted by Gasteiger charge is -2.16. The van der Waals surface area contributed by atoms with E-state index in [0.29, 0.717) is 34.9 Å². The van der Waals surface area contributed by atoms with E-state index in [9.17, 15) is 0 Å². The highest BCUT2D eigenvalue weighted by atomic mass is 19.1. The van der Waals surface area contributed by atoms with E-state index in [-0.39, 0.29) is 5.69 Å². The summed E-state index contributed by atoms with van der Waals surface area (Å²) in [7, 11) is 0. The molecule has 5 aromatic rings. The van der Waals surface area contributed by atoms with Crippen LogP contribution in [0.5, 0.6) is 0 Å². The van der Waals surface area contributed by atoms with Crippen LogP contribution in [0.3, 0.4) is 0 Å². The third-order valence-corrected chi connectivity index (χ3v) is 7.18. The van der Waals surface area contributed by atoms with Gasteiger partial charge in [-0.1, -0.05) is 25.5 Å². The van der Waals surface area contributed by atoms with Crippen LogP contribution in [0.15, 0.2) is 79.5 Å². The molecule has 0 radical (unpaired) electrons. The van der Waals surface area contributed by atoms with Crippen molar-refractivity contribution in [1.82, 2.24) is 24.9 Å². The SMILES string of the molecule is C#C.C=C(Nc1cncc(-c2cc(F)c(N)c(Cc3nc4nccc(-c5ccccn5)c4[nH]3)c2)c1)C1CCCC1. The monoisotopic (exact) mass is 531 g/mol. The van der Waals surface area contributed by atoms with E-state index in [1.807, 2.05) is 36.4 Å². The molecule has 1 aromatic carbocycles. The van der Waals surface area contributed by atoms with E-state index < -0.39 is 5.82 Å². The van der Waals surface area contributed by atoms with Crippen LogP contribution in [0.1, 0.15) is 37.1 Å². The first-order valence-corrected chi connectivity index (χ1v) is 13.1. The second-order valence-electron chi connectivity index (χ2n) is 9.76. The third kappa shape index (κ3) is 5.54. The number of benzene rings is 1. The molecule has 1 saturated carbocycles. The highest BCUT2D eigenvalue weighted by molar-refractivity contribution is 5.88. The first kappa shape index (κ1) is 26.6. The van der Waals surface area contributed by atoms with Gasteiger partial charge in [-0.05, 0) is 66.3 Å². The smallest absolute Gasteiger partial charge is 0.178 e. The number of H-pyrrole nitrogens is 1. The van der Waals surface area contributed by atoms with Crippen LogP contribution < -0.4 is 11.1 Å². The average molecular weight is 532 g/mol. The van der Waals surface area contributed by atoms with Crippen LogP contribution in [0, 0.1) is 24.6 Å². The number of anilines is 2. The number of rotatable bonds is 7. The number of allylic oxidation sites excluding steroid dienone is 1. The molecule has 8 heteroatoms. The highest BCUT2D eigenvalue weighted by Crippen LogP contribution is 2.33. The van der Waals surface area contributed by atoms with E-state index in [0.717, 1.165) is 46.6 Å². The first-order valence-electron chi connectivity index (χ1n) is 13.1. The zero-order chi connectivity index (χ0) is 28.1. The Morgan fingerprint density at radius 2 is 1.88 bits per heavy atom. The predicted molar refractivity (Wildman–Crippen MR) is 159 cm³/mol. The topological polar surface area (TPSA) is 105 Å². The van der Waals surface area contributed by atoms with E-state index in [4.69, 9.17) is 5.73 Å². The van der Waals surface area contributed by atoms with Gasteiger partial charge in [0, 0.05) is 41.8 Å². The maximum absolute atomic E-state index is 15.0. The number of nitrogens with one attached hydrogen (secondary N) is 2. The van der Waals surface area contributed by atoms with Crippen LogP contribution in [-0.4, -0.2) is 24.9 Å². The fourth-order valence-electron chi connectivity index (χ4n) is 5.17. The number of terminal acetylenes is 1. The Balaban J connectivity index is 0.00000158. The van der Waals surface area contributed by atoms with E-state index in [2.05, 4.69) is 49.7 Å². The van der Waals surface area contributed by atoms with E-state index in [1.165, 1.54) is 18.9 Å². The molecule has 4 N–H and O–H groups in total. The van der Waals surface area contributed by atoms with Crippen LogP contribution in [0.25, 0.3) is 33.5 Å². The summed E-state index contributed by atoms with van der Waals surface area (Å²) in [4.78, 5) is 21.2. The van der Waals surface area contributed by atoms with Gasteiger partial charge in [-0.2, -0.15) is 0 Å². The molecule has 40 heavy (non-hydrogen) atoms. The number of nitrogens with two attached hydrogens (primary N) is 1. The van der Waals surface area contributed by atoms with Gasteiger partial charge >= 0.3 is 0 Å². The molecule has 0 unspecified atom stereocenters. The normalized spacial score (nSPS) is 13.1. The zero-order valence-electron chi connectivity index (χ0n) is 22.1. The van der Waals surface area contributed by atoms with Crippen LogP contribution in [0.4, 0.5) is 15.8 Å². The van der Waals surface area contributed by atoms with Crippen molar-refractivity contribution in [3.63, 3.8) is 0 Å². The summed E-state index contributed by atoms with van der Waals surface area (Å²) in [6, 6.07) is 13.0. The zero-order valence-corrected chi connectivity index (χ0v) is 22.1. The molecule has 6 rings (SSSR count). The summed E-state index contributed by atoms with van der Waals surface area (Å²) in [6.07, 6.45) is 20.1. The Kier molecular flexibility index (Phi) is 7.83. The number of hydrogen-bond donors (Lipinski definition) is 3. The van der Waals surface area contributed by atoms with Gasteiger partial charge in [-0.15, -0.1) is 12.8 Å². The number of fused-ring (bicyclic) bond motifs is 1. The number of imidazole rings is 1. The number of pyridine rings is 3. The van der Waals surface area contributed by atoms with Gasteiger partial charge < -0.3 is 16.0 Å². The van der Waals surface area contributed by atoms with Gasteiger partial charge in [-0.3, -0.25) is 9.97 Å². The molecule has 1 fully saturated rings. The number of aromatic nitrogens is 5. The van der Waals surface area contributed by atoms with Crippen molar-refractivity contribution in [3.8, 4) is 35.2 Å². The maximum atomic E-state index is 15.0. The quantitative estimate of drug-likeness (QED) is 0.158. The summed E-state index contributed by atoms with van der Waals surface area (Å²) >= 11 is 0. The van der Waals surface area contributed by atoms with Gasteiger partial charge in [0.15, 0.2) is 5.65 Å². The molecule has 0 amide bonds. The molecule has 4 heterocycles. The standard InChI is InChI=1S/C30H28FN7.C2H2/c1-18(19-6-2-3-7-19)36-23-13-22(16-33-17-23)20-12-21(28(32)25(31)14-20)15-27-37-29-24(9-11-35-30(29)38-27)26-8-4-5-10-34-26;1-2/h4-5,8-14,16-17,19,36H,1-3,6-7,15,32H2,(H,35,37,38);1-2H. The lowest BCUT2D eigenvalue weighted by Crippen LogP contribution is -2.07. The van der Waals surface area contributed by atoms with Crippen LogP contribution in [-0.2, 0) is 6.42 Å². The minimum absolute atomic E-state index is 0.101. The molecule has 7 nitrogen and oxygen atoms in total. The minimum atomic E-state index is -0.477. The number of halogens is 1. The Bertz CT molecular complexity index is 1670. The summed E-state index contributed by atoms with van der Waals surface area (Å²) in [5.41, 5.74) is 13.3. The summed E-state index contributed by atoms with van der Waals surface area (Å²) in [5, 5.41) is 3.41. The highest BCUT2D eigenvalue weighted by Gasteiger charge is 2.19. The lowest BCUT2D eigenvalue weighted by molar-refractivity contribution is 0.631. The summed E-state index contributed by atoms with van der Waals surface area (Å²) in [5.74, 6) is 0.644. The molecule has 1 aliphatic carbocycles. The third-order valence-electron chi connectivity index (χ3n) is 7.18. The predicted octanol–water partition coefficient (Wildman–Crippen LogP) is 6.76. The summed E-state index contributed by atoms with van der Waals surface area (Å²) < 4.78 is 15.0. The Morgan fingerprint density at radius 1 is 1.05 bits per heavy atom. The van der Waals surface area contributed by atoms with E-state index >= 15 is 4.39 Å². The minimum Gasteiger partial charge on any atom is -0.396 e. The second-order valence-corrected chi connectivity index (χ2v) is 9.76. The Hall–Kier alpha value is -5.03. The molecule has 0 bridgehead atoms. The van der Waals surface area contributed by atoms with Gasteiger partial charge in [0.1, 0.15) is 11.6 Å². The Morgan fingerprint density at radius 3 is 2.65 bits per heavy atom. The molecule has 0 spiro atoms. The number of hydrogen-bond acceptors (Lipinski definition) is 6. The Labute approximate surface area is 232 Å². The molecule has 0 atom stereocenters. The molecule has 1 aliphatic rings. The molecule has 0 saturated heterocycles. The number of nitrogen functional groups attached to an aromatic ring is 1. The van der Waals surface area contributed by atoms with Gasteiger partial charge in [0.25, 0.3) is 0 Å². The summed E-state index contributed by atoms with van der Waals surface area (Å²) in [6.45, 7) is 4.23. The van der Waals surface area contributed by atoms with Crippen molar-refractivity contribution < 1.29 is 4.39 Å². The average Bonchev–Trinajstić information content (AvgIpc) is 3.67. The van der Waals surface area contributed by atoms with Crippen LogP contribution in [0.2, 0.25) is 0 Å². The van der Waals surface area contributed by atoms with Gasteiger partial charge in [-0.25, -0.2) is 14.4 Å². The van der Waals surface area contributed by atoms with Crippen molar-refractivity contribution in [2.45, 2.75) is 32.1 Å². The molecular formula is C32H30FN7. The number of nitrogens with zero attached hydrogens (tertiary/aromatic N) is 4. The lowest BCUT2D eigenvalue weighted by atomic mass is 10.00. The second kappa shape index (κ2) is 11.8. The number of aromatic amines is 1. The molecular weight excluding hydrogens is 501 g/mol. The van der Waals surface area contributed by atoms with Crippen molar-refractivity contribution in [2.75, 3.05) is 11.1 Å². The molecule has 0 aliphatic heterocycles. The molecule has 200 valence electrons. The van der Waals surface area contributed by atoms with Crippen LogP contribution >= 0.6 is 0 Å². The van der Waals surface area contributed by atoms with Gasteiger partial charge in [0.05, 0.1) is 28.8 Å². The van der Waals surface area contributed by atoms with Crippen molar-refractivity contribution in [1.29, 1.82) is 0 Å². The maximum Gasteiger partial charge on any atom is 0.178 e.